The number of aliphatic hydroxyl groups excluding tert-OH is 1. The maximum absolute atomic E-state index is 10.1. The number of ether oxygens (including phenoxy) is 1. The summed E-state index contributed by atoms with van der Waals surface area (Å²) in [5.41, 5.74) is 2.24. The van der Waals surface area contributed by atoms with Crippen molar-refractivity contribution < 1.29 is 9.84 Å². The summed E-state index contributed by atoms with van der Waals surface area (Å²) in [6.45, 7) is 4.93. The first-order chi connectivity index (χ1) is 8.76. The van der Waals surface area contributed by atoms with Gasteiger partial charge in [0, 0.05) is 37.4 Å². The molecule has 1 aliphatic heterocycles. The van der Waals surface area contributed by atoms with Gasteiger partial charge in [-0.15, -0.1) is 0 Å². The van der Waals surface area contributed by atoms with E-state index < -0.39 is 0 Å². The predicted octanol–water partition coefficient (Wildman–Crippen LogP) is 2.60. The van der Waals surface area contributed by atoms with Crippen LogP contribution in [-0.4, -0.2) is 31.9 Å². The summed E-state index contributed by atoms with van der Waals surface area (Å²) in [7, 11) is 1.76. The summed E-state index contributed by atoms with van der Waals surface area (Å²) in [6, 6.07) is 8.20. The maximum Gasteiger partial charge on any atom is 0.0807 e. The van der Waals surface area contributed by atoms with Gasteiger partial charge in [0.05, 0.1) is 12.7 Å². The van der Waals surface area contributed by atoms with Gasteiger partial charge in [-0.25, -0.2) is 0 Å². The molecule has 1 fully saturated rings. The Morgan fingerprint density at radius 3 is 2.94 bits per heavy atom. The molecular weight excluding hydrogens is 226 g/mol. The third-order valence-corrected chi connectivity index (χ3v) is 3.71. The van der Waals surface area contributed by atoms with Crippen molar-refractivity contribution in [3.8, 4) is 0 Å². The number of aliphatic hydroxyl groups is 1. The van der Waals surface area contributed by atoms with Crippen LogP contribution in [0.1, 0.15) is 31.4 Å². The molecule has 0 spiro atoms. The quantitative estimate of drug-likeness (QED) is 0.870. The summed E-state index contributed by atoms with van der Waals surface area (Å²) >= 11 is 0. The molecule has 0 radical (unpaired) electrons. The van der Waals surface area contributed by atoms with Gasteiger partial charge < -0.3 is 14.7 Å². The first kappa shape index (κ1) is 13.4. The molecule has 0 amide bonds. The number of nitrogens with zero attached hydrogens (tertiary/aromatic N) is 1. The van der Waals surface area contributed by atoms with Crippen molar-refractivity contribution in [1.82, 2.24) is 0 Å². The van der Waals surface area contributed by atoms with E-state index in [-0.39, 0.29) is 6.10 Å². The average molecular weight is 249 g/mol. The lowest BCUT2D eigenvalue weighted by atomic mass is 10.0. The van der Waals surface area contributed by atoms with Crippen molar-refractivity contribution in [2.24, 2.45) is 5.92 Å². The van der Waals surface area contributed by atoms with Crippen LogP contribution in [-0.2, 0) is 4.74 Å². The summed E-state index contributed by atoms with van der Waals surface area (Å²) < 4.78 is 5.23. The molecular formula is C15H23NO2. The van der Waals surface area contributed by atoms with Crippen LogP contribution in [0.2, 0.25) is 0 Å². The first-order valence-electron chi connectivity index (χ1n) is 6.77. The molecule has 1 N–H and O–H groups in total. The summed E-state index contributed by atoms with van der Waals surface area (Å²) in [5, 5.41) is 10.1. The zero-order valence-electron chi connectivity index (χ0n) is 11.3. The van der Waals surface area contributed by atoms with Crippen LogP contribution in [0.5, 0.6) is 0 Å². The van der Waals surface area contributed by atoms with Crippen molar-refractivity contribution in [2.45, 2.75) is 25.9 Å². The summed E-state index contributed by atoms with van der Waals surface area (Å²) in [4.78, 5) is 2.37. The van der Waals surface area contributed by atoms with Gasteiger partial charge in [0.2, 0.25) is 0 Å². The third-order valence-electron chi connectivity index (χ3n) is 3.71. The van der Waals surface area contributed by atoms with Crippen molar-refractivity contribution >= 4 is 5.69 Å². The van der Waals surface area contributed by atoms with Crippen molar-refractivity contribution in [1.29, 1.82) is 0 Å². The molecule has 0 bridgehead atoms. The van der Waals surface area contributed by atoms with Crippen LogP contribution >= 0.6 is 0 Å². The maximum atomic E-state index is 10.1. The predicted molar refractivity (Wildman–Crippen MR) is 73.9 cm³/mol. The molecule has 1 saturated heterocycles. The monoisotopic (exact) mass is 249 g/mol. The SMILES string of the molecule is CCC(O)c1ccccc1N1CCC(COC)C1. The molecule has 3 nitrogen and oxygen atoms in total. The average Bonchev–Trinajstić information content (AvgIpc) is 2.87. The van der Waals surface area contributed by atoms with Crippen LogP contribution in [0.25, 0.3) is 0 Å². The topological polar surface area (TPSA) is 32.7 Å². The highest BCUT2D eigenvalue weighted by molar-refractivity contribution is 5.55. The van der Waals surface area contributed by atoms with Gasteiger partial charge >= 0.3 is 0 Å². The highest BCUT2D eigenvalue weighted by Gasteiger charge is 2.25. The van der Waals surface area contributed by atoms with E-state index in [0.29, 0.717) is 5.92 Å². The van der Waals surface area contributed by atoms with E-state index in [2.05, 4.69) is 11.0 Å². The van der Waals surface area contributed by atoms with Crippen LogP contribution < -0.4 is 4.90 Å². The van der Waals surface area contributed by atoms with E-state index in [1.807, 2.05) is 25.1 Å². The number of para-hydroxylation sites is 1. The van der Waals surface area contributed by atoms with Crippen LogP contribution in [0.15, 0.2) is 24.3 Å². The van der Waals surface area contributed by atoms with Gasteiger partial charge in [0.15, 0.2) is 0 Å². The van der Waals surface area contributed by atoms with Crippen molar-refractivity contribution in [3.05, 3.63) is 29.8 Å². The van der Waals surface area contributed by atoms with Crippen LogP contribution in [0.4, 0.5) is 5.69 Å². The number of benzene rings is 1. The molecule has 0 aromatic heterocycles. The minimum absolute atomic E-state index is 0.359. The first-order valence-corrected chi connectivity index (χ1v) is 6.77. The molecule has 0 saturated carbocycles. The highest BCUT2D eigenvalue weighted by atomic mass is 16.5. The fraction of sp³-hybridized carbons (Fsp3) is 0.600. The molecule has 1 aromatic carbocycles. The Balaban J connectivity index is 2.14. The zero-order chi connectivity index (χ0) is 13.0. The molecule has 2 rings (SSSR count). The van der Waals surface area contributed by atoms with E-state index in [4.69, 9.17) is 4.74 Å². The second kappa shape index (κ2) is 6.21. The minimum atomic E-state index is -0.359. The van der Waals surface area contributed by atoms with Gasteiger partial charge in [-0.1, -0.05) is 25.1 Å². The number of anilines is 1. The third kappa shape index (κ3) is 2.85. The molecule has 0 aliphatic carbocycles. The number of hydrogen-bond acceptors (Lipinski definition) is 3. The van der Waals surface area contributed by atoms with Crippen LogP contribution in [0.3, 0.4) is 0 Å². The van der Waals surface area contributed by atoms with Crippen LogP contribution in [0, 0.1) is 5.92 Å². The molecule has 100 valence electrons. The summed E-state index contributed by atoms with van der Waals surface area (Å²) in [6.07, 6.45) is 1.57. The Hall–Kier alpha value is -1.06. The second-order valence-electron chi connectivity index (χ2n) is 5.04. The number of methoxy groups -OCH3 is 1. The smallest absolute Gasteiger partial charge is 0.0807 e. The molecule has 3 heteroatoms. The van der Waals surface area contributed by atoms with Crippen molar-refractivity contribution in [3.63, 3.8) is 0 Å². The lowest BCUT2D eigenvalue weighted by molar-refractivity contribution is 0.160. The normalized spacial score (nSPS) is 21.3. The van der Waals surface area contributed by atoms with E-state index in [9.17, 15) is 5.11 Å². The van der Waals surface area contributed by atoms with E-state index in [1.54, 1.807) is 7.11 Å². The Morgan fingerprint density at radius 1 is 1.44 bits per heavy atom. The highest BCUT2D eigenvalue weighted by Crippen LogP contribution is 2.31. The second-order valence-corrected chi connectivity index (χ2v) is 5.04. The Labute approximate surface area is 109 Å². The van der Waals surface area contributed by atoms with Gasteiger partial charge in [-0.05, 0) is 18.9 Å². The lowest BCUT2D eigenvalue weighted by Gasteiger charge is -2.24. The van der Waals surface area contributed by atoms with E-state index in [0.717, 1.165) is 31.7 Å². The summed E-state index contributed by atoms with van der Waals surface area (Å²) in [5.74, 6) is 0.613. The fourth-order valence-corrected chi connectivity index (χ4v) is 2.70. The Bertz CT molecular complexity index is 381. The zero-order valence-corrected chi connectivity index (χ0v) is 11.3. The lowest BCUT2D eigenvalue weighted by Crippen LogP contribution is -2.22. The van der Waals surface area contributed by atoms with Crippen molar-refractivity contribution in [2.75, 3.05) is 31.7 Å². The van der Waals surface area contributed by atoms with Gasteiger partial charge in [-0.2, -0.15) is 0 Å². The van der Waals surface area contributed by atoms with Gasteiger partial charge in [0.1, 0.15) is 0 Å². The van der Waals surface area contributed by atoms with Gasteiger partial charge in [-0.3, -0.25) is 0 Å². The van der Waals surface area contributed by atoms with E-state index in [1.165, 1.54) is 12.1 Å². The number of rotatable bonds is 5. The Kier molecular flexibility index (Phi) is 4.61. The molecule has 1 aliphatic rings. The van der Waals surface area contributed by atoms with E-state index >= 15 is 0 Å². The Morgan fingerprint density at radius 2 is 2.22 bits per heavy atom. The largest absolute Gasteiger partial charge is 0.388 e. The molecule has 1 heterocycles. The fourth-order valence-electron chi connectivity index (χ4n) is 2.70. The molecule has 1 aromatic rings. The van der Waals surface area contributed by atoms with Gasteiger partial charge in [0.25, 0.3) is 0 Å². The standard InChI is InChI=1S/C15H23NO2/c1-3-15(17)13-6-4-5-7-14(13)16-9-8-12(10-16)11-18-2/h4-7,12,15,17H,3,8-11H2,1-2H3. The molecule has 2 unspecified atom stereocenters. The number of hydrogen-bond donors (Lipinski definition) is 1. The molecule has 18 heavy (non-hydrogen) atoms. The molecule has 2 atom stereocenters. The minimum Gasteiger partial charge on any atom is -0.388 e.